The maximum Gasteiger partial charge on any atom is 0.169 e. The number of piperazine rings is 1. The summed E-state index contributed by atoms with van der Waals surface area (Å²) in [5.74, 6) is 0. The Morgan fingerprint density at radius 3 is 2.19 bits per heavy atom. The fraction of sp³-hybridized carbons (Fsp3) is 0.350. The predicted molar refractivity (Wildman–Crippen MR) is 114 cm³/mol. The van der Waals surface area contributed by atoms with Crippen molar-refractivity contribution in [3.63, 3.8) is 0 Å². The zero-order valence-electron chi connectivity index (χ0n) is 14.4. The highest BCUT2D eigenvalue weighted by Gasteiger charge is 2.25. The van der Waals surface area contributed by atoms with E-state index < -0.39 is 0 Å². The zero-order chi connectivity index (χ0) is 18.1. The summed E-state index contributed by atoms with van der Waals surface area (Å²) in [6.07, 6.45) is 2.11. The van der Waals surface area contributed by atoms with Gasteiger partial charge in [0.25, 0.3) is 0 Å². The molecule has 0 radical (unpaired) electrons. The molecule has 136 valence electrons. The van der Waals surface area contributed by atoms with E-state index in [4.69, 9.17) is 35.4 Å². The van der Waals surface area contributed by atoms with Gasteiger partial charge in [-0.1, -0.05) is 47.5 Å². The first-order valence-corrected chi connectivity index (χ1v) is 10.1. The summed E-state index contributed by atoms with van der Waals surface area (Å²) < 4.78 is 0. The van der Waals surface area contributed by atoms with Gasteiger partial charge in [0, 0.05) is 37.9 Å². The topological polar surface area (TPSA) is 18.5 Å². The molecule has 1 heterocycles. The third kappa shape index (κ3) is 3.78. The zero-order valence-corrected chi connectivity index (χ0v) is 16.7. The maximum atomic E-state index is 6.15. The van der Waals surface area contributed by atoms with Gasteiger partial charge in [-0.15, -0.1) is 0 Å². The lowest BCUT2D eigenvalue weighted by atomic mass is 10.1. The van der Waals surface area contributed by atoms with Crippen molar-refractivity contribution in [1.29, 1.82) is 0 Å². The highest BCUT2D eigenvalue weighted by Crippen LogP contribution is 2.28. The Balaban J connectivity index is 1.31. The van der Waals surface area contributed by atoms with Gasteiger partial charge in [-0.3, -0.25) is 0 Å². The smallest absolute Gasteiger partial charge is 0.169 e. The lowest BCUT2D eigenvalue weighted by molar-refractivity contribution is 0.375. The van der Waals surface area contributed by atoms with E-state index in [1.807, 2.05) is 18.2 Å². The van der Waals surface area contributed by atoms with Crippen molar-refractivity contribution in [3.8, 4) is 0 Å². The van der Waals surface area contributed by atoms with Crippen LogP contribution in [0.25, 0.3) is 0 Å². The fourth-order valence-corrected chi connectivity index (χ4v) is 4.42. The maximum absolute atomic E-state index is 6.15. The number of halogens is 2. The van der Waals surface area contributed by atoms with Crippen LogP contribution < -0.4 is 10.2 Å². The second-order valence-electron chi connectivity index (χ2n) is 6.90. The minimum absolute atomic E-state index is 0.410. The van der Waals surface area contributed by atoms with Gasteiger partial charge in [-0.25, -0.2) is 0 Å². The Bertz CT molecular complexity index is 793. The number of nitrogens with zero attached hydrogens (tertiary/aromatic N) is 2. The fourth-order valence-electron chi connectivity index (χ4n) is 3.78. The van der Waals surface area contributed by atoms with Crippen LogP contribution in [-0.4, -0.2) is 42.2 Å². The Hall–Kier alpha value is -1.49. The molecule has 0 spiro atoms. The molecule has 0 atom stereocenters. The third-order valence-corrected chi connectivity index (χ3v) is 6.33. The Morgan fingerprint density at radius 2 is 1.58 bits per heavy atom. The van der Waals surface area contributed by atoms with Crippen LogP contribution in [0.5, 0.6) is 0 Å². The molecule has 0 unspecified atom stereocenters. The van der Waals surface area contributed by atoms with E-state index in [0.29, 0.717) is 16.1 Å². The number of hydrogen-bond acceptors (Lipinski definition) is 2. The SMILES string of the molecule is S=C(NC1Cc2ccccc2C1)N1CCN(c2ccc(Cl)c(Cl)c2)CC1. The second-order valence-corrected chi connectivity index (χ2v) is 8.10. The van der Waals surface area contributed by atoms with Crippen molar-refractivity contribution in [2.24, 2.45) is 0 Å². The van der Waals surface area contributed by atoms with Crippen LogP contribution in [0.4, 0.5) is 5.69 Å². The monoisotopic (exact) mass is 405 g/mol. The van der Waals surface area contributed by atoms with Crippen LogP contribution >= 0.6 is 35.4 Å². The van der Waals surface area contributed by atoms with E-state index in [1.165, 1.54) is 11.1 Å². The molecule has 0 bridgehead atoms. The quantitative estimate of drug-likeness (QED) is 0.755. The summed E-state index contributed by atoms with van der Waals surface area (Å²) in [6.45, 7) is 3.66. The molecule has 0 aromatic heterocycles. The minimum Gasteiger partial charge on any atom is -0.368 e. The van der Waals surface area contributed by atoms with Crippen molar-refractivity contribution >= 4 is 46.2 Å². The Labute approximate surface area is 169 Å². The van der Waals surface area contributed by atoms with Crippen molar-refractivity contribution in [2.75, 3.05) is 31.1 Å². The van der Waals surface area contributed by atoms with Gasteiger partial charge >= 0.3 is 0 Å². The molecular weight excluding hydrogens is 385 g/mol. The van der Waals surface area contributed by atoms with E-state index in [9.17, 15) is 0 Å². The van der Waals surface area contributed by atoms with Gasteiger partial charge in [-0.05, 0) is 54.4 Å². The molecule has 2 aliphatic rings. The molecule has 26 heavy (non-hydrogen) atoms. The molecule has 3 nitrogen and oxygen atoms in total. The molecule has 2 aromatic carbocycles. The van der Waals surface area contributed by atoms with Gasteiger partial charge in [-0.2, -0.15) is 0 Å². The number of anilines is 1. The van der Waals surface area contributed by atoms with Crippen molar-refractivity contribution in [3.05, 3.63) is 63.6 Å². The van der Waals surface area contributed by atoms with Crippen molar-refractivity contribution < 1.29 is 0 Å². The van der Waals surface area contributed by atoms with Gasteiger partial charge in [0.1, 0.15) is 0 Å². The lowest BCUT2D eigenvalue weighted by Crippen LogP contribution is -2.53. The number of fused-ring (bicyclic) bond motifs is 1. The average Bonchev–Trinajstić information content (AvgIpc) is 3.06. The summed E-state index contributed by atoms with van der Waals surface area (Å²) in [6, 6.07) is 14.9. The molecule has 6 heteroatoms. The first-order valence-electron chi connectivity index (χ1n) is 8.92. The number of rotatable bonds is 2. The number of thiocarbonyl (C=S) groups is 1. The van der Waals surface area contributed by atoms with Crippen LogP contribution in [0.2, 0.25) is 10.0 Å². The number of benzene rings is 2. The van der Waals surface area contributed by atoms with E-state index in [-0.39, 0.29) is 0 Å². The molecule has 1 fully saturated rings. The molecule has 1 aliphatic heterocycles. The largest absolute Gasteiger partial charge is 0.368 e. The molecule has 1 saturated heterocycles. The number of nitrogens with one attached hydrogen (secondary N) is 1. The van der Waals surface area contributed by atoms with Crippen LogP contribution in [-0.2, 0) is 12.8 Å². The highest BCUT2D eigenvalue weighted by molar-refractivity contribution is 7.80. The Kier molecular flexibility index (Phi) is 5.25. The summed E-state index contributed by atoms with van der Waals surface area (Å²) in [5.41, 5.74) is 4.00. The van der Waals surface area contributed by atoms with Crippen LogP contribution in [0, 0.1) is 0 Å². The summed E-state index contributed by atoms with van der Waals surface area (Å²) in [5, 5.41) is 5.63. The van der Waals surface area contributed by atoms with Crippen molar-refractivity contribution in [1.82, 2.24) is 10.2 Å². The Morgan fingerprint density at radius 1 is 0.923 bits per heavy atom. The summed E-state index contributed by atoms with van der Waals surface area (Å²) >= 11 is 17.8. The first kappa shape index (κ1) is 17.9. The normalized spacial score (nSPS) is 17.3. The van der Waals surface area contributed by atoms with Crippen LogP contribution in [0.15, 0.2) is 42.5 Å². The molecule has 1 aliphatic carbocycles. The average molecular weight is 406 g/mol. The molecule has 0 amide bonds. The van der Waals surface area contributed by atoms with Crippen LogP contribution in [0.3, 0.4) is 0 Å². The van der Waals surface area contributed by atoms with Gasteiger partial charge < -0.3 is 15.1 Å². The van der Waals surface area contributed by atoms with Gasteiger partial charge in [0.15, 0.2) is 5.11 Å². The molecular formula is C20H21Cl2N3S. The van der Waals surface area contributed by atoms with E-state index in [0.717, 1.165) is 49.8 Å². The van der Waals surface area contributed by atoms with E-state index >= 15 is 0 Å². The predicted octanol–water partition coefficient (Wildman–Crippen LogP) is 4.16. The highest BCUT2D eigenvalue weighted by atomic mass is 35.5. The van der Waals surface area contributed by atoms with Gasteiger partial charge in [0.2, 0.25) is 0 Å². The third-order valence-electron chi connectivity index (χ3n) is 5.21. The van der Waals surface area contributed by atoms with Crippen LogP contribution in [0.1, 0.15) is 11.1 Å². The second kappa shape index (κ2) is 7.63. The van der Waals surface area contributed by atoms with E-state index in [2.05, 4.69) is 39.4 Å². The van der Waals surface area contributed by atoms with Gasteiger partial charge in [0.05, 0.1) is 10.0 Å². The van der Waals surface area contributed by atoms with E-state index in [1.54, 1.807) is 0 Å². The lowest BCUT2D eigenvalue weighted by Gasteiger charge is -2.38. The summed E-state index contributed by atoms with van der Waals surface area (Å²) in [7, 11) is 0. The number of hydrogen-bond donors (Lipinski definition) is 1. The molecule has 1 N–H and O–H groups in total. The molecule has 0 saturated carbocycles. The standard InChI is InChI=1S/C20H21Cl2N3S/c21-18-6-5-17(13-19(18)22)24-7-9-25(10-8-24)20(26)23-16-11-14-3-1-2-4-15(14)12-16/h1-6,13,16H,7-12H2,(H,23,26). The summed E-state index contributed by atoms with van der Waals surface area (Å²) in [4.78, 5) is 4.60. The molecule has 4 rings (SSSR count). The minimum atomic E-state index is 0.410. The first-order chi connectivity index (χ1) is 12.6. The van der Waals surface area contributed by atoms with Crippen molar-refractivity contribution in [2.45, 2.75) is 18.9 Å². The molecule has 2 aromatic rings.